The molecule has 0 aliphatic rings. The highest BCUT2D eigenvalue weighted by atomic mass is 79.9. The van der Waals surface area contributed by atoms with E-state index in [-0.39, 0.29) is 5.91 Å². The highest BCUT2D eigenvalue weighted by molar-refractivity contribution is 9.10. The summed E-state index contributed by atoms with van der Waals surface area (Å²) in [6, 6.07) is 7.57. The van der Waals surface area contributed by atoms with Gasteiger partial charge in [0, 0.05) is 17.1 Å². The average molecular weight is 280 g/mol. The maximum absolute atomic E-state index is 11.9. The zero-order chi connectivity index (χ0) is 12.1. The number of hydrogen-bond acceptors (Lipinski definition) is 1. The van der Waals surface area contributed by atoms with Gasteiger partial charge in [-0.25, -0.2) is 0 Å². The van der Waals surface area contributed by atoms with Gasteiger partial charge in [-0.15, -0.1) is 6.58 Å². The second kappa shape index (κ2) is 5.66. The van der Waals surface area contributed by atoms with Crippen LogP contribution in [0.3, 0.4) is 0 Å². The van der Waals surface area contributed by atoms with Gasteiger partial charge < -0.3 is 4.90 Å². The Balaban J connectivity index is 2.90. The highest BCUT2D eigenvalue weighted by Gasteiger charge is 2.15. The fraction of sp³-hybridized carbons (Fsp3) is 0.154. The molecule has 0 saturated heterocycles. The van der Waals surface area contributed by atoms with E-state index in [1.54, 1.807) is 18.0 Å². The van der Waals surface area contributed by atoms with Crippen molar-refractivity contribution in [2.24, 2.45) is 0 Å². The van der Waals surface area contributed by atoms with Crippen LogP contribution in [-0.4, -0.2) is 13.0 Å². The number of para-hydroxylation sites is 1. The van der Waals surface area contributed by atoms with E-state index < -0.39 is 0 Å². The Morgan fingerprint density at radius 1 is 1.50 bits per heavy atom. The second-order valence-electron chi connectivity index (χ2n) is 3.41. The molecule has 0 saturated carbocycles. The Kier molecular flexibility index (Phi) is 4.50. The molecule has 0 aromatic heterocycles. The number of benzene rings is 1. The summed E-state index contributed by atoms with van der Waals surface area (Å²) in [7, 11) is 1.73. The van der Waals surface area contributed by atoms with E-state index in [0.29, 0.717) is 12.0 Å². The van der Waals surface area contributed by atoms with E-state index in [2.05, 4.69) is 29.1 Å². The standard InChI is InChI=1S/C13H14BrNO/c1-4-7-10(2)13(16)15(3)12-9-6-5-8-11(12)14/h4-6,8-9H,1-2,7H2,3H3. The van der Waals surface area contributed by atoms with Gasteiger partial charge in [-0.2, -0.15) is 0 Å². The van der Waals surface area contributed by atoms with Gasteiger partial charge in [0.1, 0.15) is 0 Å². The average Bonchev–Trinajstić information content (AvgIpc) is 2.28. The van der Waals surface area contributed by atoms with Crippen molar-refractivity contribution in [2.45, 2.75) is 6.42 Å². The number of hydrogen-bond donors (Lipinski definition) is 0. The van der Waals surface area contributed by atoms with Crippen molar-refractivity contribution in [3.8, 4) is 0 Å². The number of allylic oxidation sites excluding steroid dienone is 1. The van der Waals surface area contributed by atoms with Gasteiger partial charge in [0.05, 0.1) is 5.69 Å². The lowest BCUT2D eigenvalue weighted by atomic mass is 10.2. The van der Waals surface area contributed by atoms with E-state index >= 15 is 0 Å². The molecule has 16 heavy (non-hydrogen) atoms. The molecule has 0 bridgehead atoms. The maximum Gasteiger partial charge on any atom is 0.253 e. The minimum Gasteiger partial charge on any atom is -0.311 e. The molecular weight excluding hydrogens is 266 g/mol. The number of rotatable bonds is 4. The minimum atomic E-state index is -0.0909. The Labute approximate surface area is 104 Å². The molecular formula is C13H14BrNO. The van der Waals surface area contributed by atoms with Crippen LogP contribution in [0, 0.1) is 0 Å². The van der Waals surface area contributed by atoms with Crippen LogP contribution in [0.25, 0.3) is 0 Å². The van der Waals surface area contributed by atoms with Crippen LogP contribution in [0.2, 0.25) is 0 Å². The van der Waals surface area contributed by atoms with Crippen molar-refractivity contribution in [3.05, 3.63) is 53.5 Å². The summed E-state index contributed by atoms with van der Waals surface area (Å²) in [6.45, 7) is 7.33. The van der Waals surface area contributed by atoms with Crippen LogP contribution < -0.4 is 4.90 Å². The largest absolute Gasteiger partial charge is 0.311 e. The fourth-order valence-corrected chi connectivity index (χ4v) is 1.88. The first-order valence-electron chi connectivity index (χ1n) is 4.89. The maximum atomic E-state index is 11.9. The first-order chi connectivity index (χ1) is 7.57. The van der Waals surface area contributed by atoms with Gasteiger partial charge in [-0.3, -0.25) is 4.79 Å². The first kappa shape index (κ1) is 12.7. The number of halogens is 1. The molecule has 0 atom stereocenters. The lowest BCUT2D eigenvalue weighted by Gasteiger charge is -2.19. The third-order valence-electron chi connectivity index (χ3n) is 2.21. The van der Waals surface area contributed by atoms with E-state index in [1.807, 2.05) is 24.3 Å². The van der Waals surface area contributed by atoms with Crippen molar-refractivity contribution < 1.29 is 4.79 Å². The molecule has 1 aromatic carbocycles. The van der Waals surface area contributed by atoms with Gasteiger partial charge >= 0.3 is 0 Å². The third kappa shape index (κ3) is 2.83. The molecule has 84 valence electrons. The second-order valence-corrected chi connectivity index (χ2v) is 4.27. The normalized spacial score (nSPS) is 9.62. The lowest BCUT2D eigenvalue weighted by molar-refractivity contribution is -0.114. The fourth-order valence-electron chi connectivity index (χ4n) is 1.33. The third-order valence-corrected chi connectivity index (χ3v) is 2.88. The van der Waals surface area contributed by atoms with Gasteiger partial charge in [-0.1, -0.05) is 24.8 Å². The number of carbonyl (C=O) groups excluding carboxylic acids is 1. The Hall–Kier alpha value is -1.35. The molecule has 1 amide bonds. The van der Waals surface area contributed by atoms with Crippen LogP contribution >= 0.6 is 15.9 Å². The van der Waals surface area contributed by atoms with Gasteiger partial charge in [-0.05, 0) is 34.5 Å². The highest BCUT2D eigenvalue weighted by Crippen LogP contribution is 2.25. The van der Waals surface area contributed by atoms with Crippen LogP contribution in [0.4, 0.5) is 5.69 Å². The van der Waals surface area contributed by atoms with Crippen LogP contribution in [0.5, 0.6) is 0 Å². The summed E-state index contributed by atoms with van der Waals surface area (Å²) in [4.78, 5) is 13.5. The first-order valence-corrected chi connectivity index (χ1v) is 5.68. The SMILES string of the molecule is C=CCC(=C)C(=O)N(C)c1ccccc1Br. The molecule has 0 spiro atoms. The van der Waals surface area contributed by atoms with Crippen molar-refractivity contribution >= 4 is 27.5 Å². The Morgan fingerprint density at radius 2 is 2.12 bits per heavy atom. The topological polar surface area (TPSA) is 20.3 Å². The monoisotopic (exact) mass is 279 g/mol. The molecule has 0 heterocycles. The van der Waals surface area contributed by atoms with E-state index in [4.69, 9.17) is 0 Å². The summed E-state index contributed by atoms with van der Waals surface area (Å²) in [5.41, 5.74) is 1.37. The molecule has 0 aliphatic heterocycles. The summed E-state index contributed by atoms with van der Waals surface area (Å²) in [5, 5.41) is 0. The van der Waals surface area contributed by atoms with Crippen LogP contribution in [-0.2, 0) is 4.79 Å². The van der Waals surface area contributed by atoms with Gasteiger partial charge in [0.2, 0.25) is 0 Å². The number of anilines is 1. The summed E-state index contributed by atoms with van der Waals surface area (Å²) in [6.07, 6.45) is 2.18. The van der Waals surface area contributed by atoms with E-state index in [0.717, 1.165) is 10.2 Å². The molecule has 1 rings (SSSR count). The summed E-state index contributed by atoms with van der Waals surface area (Å²) < 4.78 is 0.886. The van der Waals surface area contributed by atoms with Crippen LogP contribution in [0.15, 0.2) is 53.5 Å². The molecule has 0 N–H and O–H groups in total. The molecule has 0 fully saturated rings. The van der Waals surface area contributed by atoms with Crippen molar-refractivity contribution in [3.63, 3.8) is 0 Å². The van der Waals surface area contributed by atoms with Crippen molar-refractivity contribution in [2.75, 3.05) is 11.9 Å². The molecule has 2 nitrogen and oxygen atoms in total. The lowest BCUT2D eigenvalue weighted by Crippen LogP contribution is -2.27. The predicted molar refractivity (Wildman–Crippen MR) is 71.5 cm³/mol. The number of likely N-dealkylation sites (N-methyl/N-ethyl adjacent to an activating group) is 1. The summed E-state index contributed by atoms with van der Waals surface area (Å²) in [5.74, 6) is -0.0909. The molecule has 0 aliphatic carbocycles. The Morgan fingerprint density at radius 3 is 2.69 bits per heavy atom. The Bertz CT molecular complexity index is 426. The van der Waals surface area contributed by atoms with Crippen molar-refractivity contribution in [1.82, 2.24) is 0 Å². The quantitative estimate of drug-likeness (QED) is 0.610. The van der Waals surface area contributed by atoms with Gasteiger partial charge in [0.25, 0.3) is 5.91 Å². The van der Waals surface area contributed by atoms with E-state index in [1.165, 1.54) is 0 Å². The number of carbonyl (C=O) groups is 1. The molecule has 3 heteroatoms. The zero-order valence-corrected chi connectivity index (χ0v) is 10.8. The van der Waals surface area contributed by atoms with E-state index in [9.17, 15) is 4.79 Å². The smallest absolute Gasteiger partial charge is 0.253 e. The van der Waals surface area contributed by atoms with Gasteiger partial charge in [0.15, 0.2) is 0 Å². The molecule has 0 radical (unpaired) electrons. The van der Waals surface area contributed by atoms with Crippen LogP contribution in [0.1, 0.15) is 6.42 Å². The summed E-state index contributed by atoms with van der Waals surface area (Å²) >= 11 is 3.41. The predicted octanol–water partition coefficient (Wildman–Crippen LogP) is 3.54. The number of amides is 1. The number of nitrogens with zero attached hydrogens (tertiary/aromatic N) is 1. The van der Waals surface area contributed by atoms with Crippen molar-refractivity contribution in [1.29, 1.82) is 0 Å². The zero-order valence-electron chi connectivity index (χ0n) is 9.24. The minimum absolute atomic E-state index is 0.0909. The molecule has 1 aromatic rings. The molecule has 0 unspecified atom stereocenters.